The molecular weight excluding hydrogens is 773 g/mol. The van der Waals surface area contributed by atoms with E-state index in [0.29, 0.717) is 17.5 Å². The fourth-order valence-corrected chi connectivity index (χ4v) is 9.89. The van der Waals surface area contributed by atoms with Crippen LogP contribution in [0.3, 0.4) is 0 Å². The number of nitrogens with zero attached hydrogens (tertiary/aromatic N) is 4. The molecule has 0 unspecified atom stereocenters. The molecule has 0 atom stereocenters. The average molecular weight is 805 g/mol. The smallest absolute Gasteiger partial charge is 0.167 e. The van der Waals surface area contributed by atoms with Gasteiger partial charge in [-0.15, -0.1) is 0 Å². The highest BCUT2D eigenvalue weighted by Gasteiger charge is 2.21. The quantitative estimate of drug-likeness (QED) is 0.177. The molecular formula is C57H32N4O2. The molecule has 292 valence electrons. The number of fused-ring (bicyclic) bond motifs is 14. The van der Waals surface area contributed by atoms with E-state index in [1.54, 1.807) is 0 Å². The minimum Gasteiger partial charge on any atom is -0.456 e. The predicted octanol–water partition coefficient (Wildman–Crippen LogP) is 15.2. The van der Waals surface area contributed by atoms with Crippen LogP contribution >= 0.6 is 0 Å². The molecule has 4 heterocycles. The second kappa shape index (κ2) is 12.9. The van der Waals surface area contributed by atoms with Crippen LogP contribution in [-0.4, -0.2) is 19.5 Å². The Morgan fingerprint density at radius 1 is 0.333 bits per heavy atom. The summed E-state index contributed by atoms with van der Waals surface area (Å²) in [6.45, 7) is 0. The first-order valence-electron chi connectivity index (χ1n) is 21.2. The average Bonchev–Trinajstić information content (AvgIpc) is 4.02. The Bertz CT molecular complexity index is 4220. The molecule has 0 aliphatic heterocycles. The molecule has 0 fully saturated rings. The first-order valence-corrected chi connectivity index (χ1v) is 21.2. The number of aromatic nitrogens is 4. The van der Waals surface area contributed by atoms with Gasteiger partial charge in [-0.3, -0.25) is 0 Å². The van der Waals surface area contributed by atoms with Gasteiger partial charge in [-0.1, -0.05) is 133 Å². The maximum absolute atomic E-state index is 6.71. The van der Waals surface area contributed by atoms with Gasteiger partial charge in [0.25, 0.3) is 0 Å². The van der Waals surface area contributed by atoms with Crippen LogP contribution < -0.4 is 0 Å². The molecule has 0 radical (unpaired) electrons. The highest BCUT2D eigenvalue weighted by atomic mass is 16.3. The summed E-state index contributed by atoms with van der Waals surface area (Å²) in [5.41, 5.74) is 9.27. The van der Waals surface area contributed by atoms with E-state index in [0.717, 1.165) is 77.0 Å². The predicted molar refractivity (Wildman–Crippen MR) is 258 cm³/mol. The number of benzene rings is 10. The Morgan fingerprint density at radius 3 is 1.92 bits per heavy atom. The summed E-state index contributed by atoms with van der Waals surface area (Å²) in [5, 5.41) is 13.8. The minimum absolute atomic E-state index is 0.556. The summed E-state index contributed by atoms with van der Waals surface area (Å²) in [6, 6.07) is 68.1. The van der Waals surface area contributed by atoms with Gasteiger partial charge in [0.15, 0.2) is 17.5 Å². The summed E-state index contributed by atoms with van der Waals surface area (Å²) in [6.07, 6.45) is 0. The summed E-state index contributed by atoms with van der Waals surface area (Å²) in [7, 11) is 0. The molecule has 14 aromatic rings. The monoisotopic (exact) mass is 804 g/mol. The Balaban J connectivity index is 0.929. The SMILES string of the molecule is c1ccc(-c2nc(-c3ccc4c(ccc5oc6cc(-n7c8cc9ccccc9cc8c8c9ccccc9ccc87)ccc6c54)c3)nc(-c3cccc4c3oc3ccccc34)n2)cc1. The van der Waals surface area contributed by atoms with Gasteiger partial charge in [0.2, 0.25) is 0 Å². The third-order valence-corrected chi connectivity index (χ3v) is 12.8. The molecule has 6 heteroatoms. The Hall–Kier alpha value is -8.61. The molecule has 6 nitrogen and oxygen atoms in total. The van der Waals surface area contributed by atoms with Gasteiger partial charge in [-0.05, 0) is 86.9 Å². The standard InChI is InChI=1S/C57H32N4O2/c1-2-12-34(13-3-1)55-58-56(60-57(59-55)45-19-10-18-43-42-17-8-9-20-49(42)63-54(43)45)38-21-25-41-37(29-38)23-28-50-53(41)44-26-24-39(32-51(44)62-50)61-47-27-22-33-11-6-7-16-40(33)52(47)46-30-35-14-4-5-15-36(35)31-48(46)61/h1-32H. The van der Waals surface area contributed by atoms with Crippen molar-refractivity contribution in [1.82, 2.24) is 19.5 Å². The van der Waals surface area contributed by atoms with Crippen molar-refractivity contribution < 1.29 is 8.83 Å². The van der Waals surface area contributed by atoms with Gasteiger partial charge in [-0.25, -0.2) is 15.0 Å². The fraction of sp³-hybridized carbons (Fsp3) is 0. The Kier molecular flexibility index (Phi) is 7.02. The lowest BCUT2D eigenvalue weighted by Crippen LogP contribution is -2.00. The van der Waals surface area contributed by atoms with E-state index in [-0.39, 0.29) is 0 Å². The lowest BCUT2D eigenvalue weighted by molar-refractivity contribution is 0.668. The van der Waals surface area contributed by atoms with E-state index in [1.807, 2.05) is 60.7 Å². The third kappa shape index (κ3) is 5.09. The van der Waals surface area contributed by atoms with Crippen molar-refractivity contribution in [3.8, 4) is 39.9 Å². The molecule has 0 aliphatic rings. The summed E-state index contributed by atoms with van der Waals surface area (Å²) >= 11 is 0. The first-order chi connectivity index (χ1) is 31.2. The van der Waals surface area contributed by atoms with Crippen LogP contribution in [0, 0.1) is 0 Å². The third-order valence-electron chi connectivity index (χ3n) is 12.8. The number of rotatable bonds is 4. The maximum atomic E-state index is 6.71. The molecule has 0 amide bonds. The van der Waals surface area contributed by atoms with Crippen LogP contribution in [0.25, 0.3) is 138 Å². The maximum Gasteiger partial charge on any atom is 0.167 e. The van der Waals surface area contributed by atoms with Gasteiger partial charge in [0, 0.05) is 55.2 Å². The van der Waals surface area contributed by atoms with Crippen molar-refractivity contribution in [1.29, 1.82) is 0 Å². The van der Waals surface area contributed by atoms with Crippen LogP contribution in [0.15, 0.2) is 203 Å². The summed E-state index contributed by atoms with van der Waals surface area (Å²) in [5.74, 6) is 1.74. The van der Waals surface area contributed by atoms with E-state index < -0.39 is 0 Å². The van der Waals surface area contributed by atoms with E-state index in [4.69, 9.17) is 23.8 Å². The van der Waals surface area contributed by atoms with Gasteiger partial charge >= 0.3 is 0 Å². The first kappa shape index (κ1) is 34.1. The van der Waals surface area contributed by atoms with E-state index in [2.05, 4.69) is 138 Å². The molecule has 0 spiro atoms. The largest absolute Gasteiger partial charge is 0.456 e. The van der Waals surface area contributed by atoms with E-state index >= 15 is 0 Å². The zero-order chi connectivity index (χ0) is 41.2. The van der Waals surface area contributed by atoms with E-state index in [9.17, 15) is 0 Å². The second-order valence-electron chi connectivity index (χ2n) is 16.3. The summed E-state index contributed by atoms with van der Waals surface area (Å²) < 4.78 is 15.5. The molecule has 0 saturated carbocycles. The van der Waals surface area contributed by atoms with Crippen LogP contribution in [0.4, 0.5) is 0 Å². The van der Waals surface area contributed by atoms with Crippen LogP contribution in [0.1, 0.15) is 0 Å². The molecule has 0 N–H and O–H groups in total. The zero-order valence-electron chi connectivity index (χ0n) is 33.6. The van der Waals surface area contributed by atoms with Gasteiger partial charge in [0.1, 0.15) is 22.3 Å². The highest BCUT2D eigenvalue weighted by Crippen LogP contribution is 2.42. The van der Waals surface area contributed by atoms with Crippen molar-refractivity contribution in [2.75, 3.05) is 0 Å². The van der Waals surface area contributed by atoms with Crippen LogP contribution in [0.2, 0.25) is 0 Å². The van der Waals surface area contributed by atoms with Crippen molar-refractivity contribution in [2.24, 2.45) is 0 Å². The topological polar surface area (TPSA) is 69.9 Å². The van der Waals surface area contributed by atoms with Gasteiger partial charge in [-0.2, -0.15) is 0 Å². The Labute approximate surface area is 358 Å². The van der Waals surface area contributed by atoms with Crippen molar-refractivity contribution >= 4 is 98.0 Å². The number of hydrogen-bond donors (Lipinski definition) is 0. The van der Waals surface area contributed by atoms with Crippen molar-refractivity contribution in [3.05, 3.63) is 194 Å². The minimum atomic E-state index is 0.556. The zero-order valence-corrected chi connectivity index (χ0v) is 33.6. The lowest BCUT2D eigenvalue weighted by Gasteiger charge is -2.10. The van der Waals surface area contributed by atoms with Crippen LogP contribution in [-0.2, 0) is 0 Å². The van der Waals surface area contributed by atoms with E-state index in [1.165, 1.54) is 43.4 Å². The molecule has 10 aromatic carbocycles. The molecule has 0 saturated heterocycles. The van der Waals surface area contributed by atoms with Gasteiger partial charge < -0.3 is 13.4 Å². The molecule has 0 aliphatic carbocycles. The van der Waals surface area contributed by atoms with Gasteiger partial charge in [0.05, 0.1) is 16.6 Å². The molecule has 63 heavy (non-hydrogen) atoms. The number of furan rings is 2. The second-order valence-corrected chi connectivity index (χ2v) is 16.3. The molecule has 4 aromatic heterocycles. The summed E-state index contributed by atoms with van der Waals surface area (Å²) in [4.78, 5) is 15.2. The van der Waals surface area contributed by atoms with Crippen molar-refractivity contribution in [3.63, 3.8) is 0 Å². The normalized spacial score (nSPS) is 12.1. The fourth-order valence-electron chi connectivity index (χ4n) is 9.89. The molecule has 14 rings (SSSR count). The lowest BCUT2D eigenvalue weighted by atomic mass is 10.0. The number of hydrogen-bond acceptors (Lipinski definition) is 5. The molecule has 0 bridgehead atoms. The number of para-hydroxylation sites is 2. The van der Waals surface area contributed by atoms with Crippen LogP contribution in [0.5, 0.6) is 0 Å². The van der Waals surface area contributed by atoms with Crippen molar-refractivity contribution in [2.45, 2.75) is 0 Å². The Morgan fingerprint density at radius 2 is 1.03 bits per heavy atom. The highest BCUT2D eigenvalue weighted by molar-refractivity contribution is 6.24.